The summed E-state index contributed by atoms with van der Waals surface area (Å²) in [4.78, 5) is 13.8. The Kier molecular flexibility index (Phi) is 7.98. The number of amides is 2. The Balaban J connectivity index is 1.93. The number of urea groups is 1. The third-order valence-corrected chi connectivity index (χ3v) is 5.46. The van der Waals surface area contributed by atoms with E-state index in [9.17, 15) is 13.2 Å². The third-order valence-electron chi connectivity index (χ3n) is 3.94. The lowest BCUT2D eigenvalue weighted by atomic mass is 10.2. The number of sulfonamides is 1. The minimum absolute atomic E-state index is 0.0588. The highest BCUT2D eigenvalue weighted by Crippen LogP contribution is 2.29. The van der Waals surface area contributed by atoms with Crippen LogP contribution in [0.25, 0.3) is 0 Å². The van der Waals surface area contributed by atoms with Crippen LogP contribution in [0.4, 0.5) is 16.2 Å². The first-order chi connectivity index (χ1) is 13.7. The van der Waals surface area contributed by atoms with Crippen molar-refractivity contribution in [2.24, 2.45) is 0 Å². The van der Waals surface area contributed by atoms with Crippen molar-refractivity contribution in [1.82, 2.24) is 4.90 Å². The Labute approximate surface area is 175 Å². The normalized spacial score (nSPS) is 10.9. The number of halogens is 1. The van der Waals surface area contributed by atoms with Crippen LogP contribution in [-0.2, 0) is 10.0 Å². The number of methoxy groups -OCH3 is 1. The molecule has 0 heterocycles. The number of carbonyl (C=O) groups is 1. The molecule has 2 aromatic carbocycles. The van der Waals surface area contributed by atoms with Crippen LogP contribution in [0.2, 0.25) is 5.02 Å². The van der Waals surface area contributed by atoms with Gasteiger partial charge in [0.2, 0.25) is 10.0 Å². The number of hydrogen-bond acceptors (Lipinski definition) is 5. The Morgan fingerprint density at radius 2 is 1.97 bits per heavy atom. The number of carbonyl (C=O) groups excluding carboxylic acids is 1. The lowest BCUT2D eigenvalue weighted by molar-refractivity contribution is 0.207. The quantitative estimate of drug-likeness (QED) is 0.619. The summed E-state index contributed by atoms with van der Waals surface area (Å²) >= 11 is 5.90. The van der Waals surface area contributed by atoms with Crippen molar-refractivity contribution in [3.05, 3.63) is 47.5 Å². The molecular weight excluding hydrogens is 418 g/mol. The fraction of sp³-hybridized carbons (Fsp3) is 0.316. The monoisotopic (exact) mass is 441 g/mol. The van der Waals surface area contributed by atoms with Crippen LogP contribution in [0.5, 0.6) is 11.5 Å². The van der Waals surface area contributed by atoms with Crippen molar-refractivity contribution in [2.75, 3.05) is 43.1 Å². The topological polar surface area (TPSA) is 97.0 Å². The first-order valence-electron chi connectivity index (χ1n) is 8.83. The number of rotatable bonds is 9. The molecule has 2 N–H and O–H groups in total. The fourth-order valence-corrected chi connectivity index (χ4v) is 3.10. The van der Waals surface area contributed by atoms with Gasteiger partial charge in [-0.05, 0) is 37.3 Å². The molecule has 29 heavy (non-hydrogen) atoms. The van der Waals surface area contributed by atoms with E-state index >= 15 is 0 Å². The van der Waals surface area contributed by atoms with Crippen molar-refractivity contribution >= 4 is 39.0 Å². The Morgan fingerprint density at radius 3 is 2.62 bits per heavy atom. The van der Waals surface area contributed by atoms with Crippen LogP contribution in [-0.4, -0.2) is 52.4 Å². The number of nitrogens with zero attached hydrogens (tertiary/aromatic N) is 1. The first-order valence-corrected chi connectivity index (χ1v) is 10.9. The summed E-state index contributed by atoms with van der Waals surface area (Å²) < 4.78 is 36.7. The molecule has 0 radical (unpaired) electrons. The van der Waals surface area contributed by atoms with E-state index in [-0.39, 0.29) is 11.8 Å². The van der Waals surface area contributed by atoms with E-state index in [4.69, 9.17) is 21.1 Å². The zero-order chi connectivity index (χ0) is 21.4. The molecular formula is C19H24ClN3O5S. The number of anilines is 2. The van der Waals surface area contributed by atoms with Crippen LogP contribution in [0, 0.1) is 0 Å². The molecule has 0 aliphatic heterocycles. The highest BCUT2D eigenvalue weighted by atomic mass is 35.5. The molecule has 158 valence electrons. The van der Waals surface area contributed by atoms with Crippen LogP contribution in [0.15, 0.2) is 42.5 Å². The molecule has 8 nitrogen and oxygen atoms in total. The van der Waals surface area contributed by atoms with E-state index in [0.717, 1.165) is 0 Å². The molecule has 0 fully saturated rings. The molecule has 0 spiro atoms. The summed E-state index contributed by atoms with van der Waals surface area (Å²) in [6, 6.07) is 11.3. The Bertz CT molecular complexity index is 953. The second kappa shape index (κ2) is 10.2. The maximum absolute atomic E-state index is 12.4. The van der Waals surface area contributed by atoms with Crippen LogP contribution < -0.4 is 19.5 Å². The summed E-state index contributed by atoms with van der Waals surface area (Å²) in [5.74, 6) is 0.865. The Morgan fingerprint density at radius 1 is 1.21 bits per heavy atom. The minimum Gasteiger partial charge on any atom is -0.494 e. The highest BCUT2D eigenvalue weighted by molar-refractivity contribution is 7.92. The van der Waals surface area contributed by atoms with Crippen molar-refractivity contribution in [1.29, 1.82) is 0 Å². The number of ether oxygens (including phenoxy) is 2. The van der Waals surface area contributed by atoms with Crippen LogP contribution >= 0.6 is 11.6 Å². The van der Waals surface area contributed by atoms with Gasteiger partial charge in [0.1, 0.15) is 18.1 Å². The summed E-state index contributed by atoms with van der Waals surface area (Å²) in [7, 11) is -0.381. The average molecular weight is 442 g/mol. The molecule has 0 bridgehead atoms. The second-order valence-electron chi connectivity index (χ2n) is 6.08. The molecule has 2 aromatic rings. The zero-order valence-corrected chi connectivity index (χ0v) is 18.0. The van der Waals surface area contributed by atoms with Gasteiger partial charge in [-0.1, -0.05) is 17.7 Å². The summed E-state index contributed by atoms with van der Waals surface area (Å²) in [6.07, 6.45) is 0. The van der Waals surface area contributed by atoms with Gasteiger partial charge in [0.15, 0.2) is 0 Å². The molecule has 0 aliphatic rings. The maximum Gasteiger partial charge on any atom is 0.321 e. The van der Waals surface area contributed by atoms with Gasteiger partial charge in [0, 0.05) is 23.8 Å². The minimum atomic E-state index is -3.44. The molecule has 10 heteroatoms. The maximum atomic E-state index is 12.4. The predicted octanol–water partition coefficient (Wildman–Crippen LogP) is 3.65. The van der Waals surface area contributed by atoms with E-state index in [1.54, 1.807) is 43.4 Å². The summed E-state index contributed by atoms with van der Waals surface area (Å²) in [6.45, 7) is 2.19. The molecule has 0 atom stereocenters. The smallest absolute Gasteiger partial charge is 0.321 e. The van der Waals surface area contributed by atoms with E-state index in [0.29, 0.717) is 41.0 Å². The van der Waals surface area contributed by atoms with Gasteiger partial charge in [-0.2, -0.15) is 0 Å². The van der Waals surface area contributed by atoms with Crippen molar-refractivity contribution in [3.63, 3.8) is 0 Å². The molecule has 0 saturated carbocycles. The Hall–Kier alpha value is -2.65. The van der Waals surface area contributed by atoms with Crippen molar-refractivity contribution in [3.8, 4) is 11.5 Å². The standard InChI is InChI=1S/C19H24ClN3O5S/c1-4-29(25,26)22-17-9-8-15(13-18(17)27-3)21-19(24)23(2)10-11-28-16-7-5-6-14(20)12-16/h5-9,12-13,22H,4,10-11H2,1-3H3,(H,21,24). The number of benzene rings is 2. The lowest BCUT2D eigenvalue weighted by Crippen LogP contribution is -2.34. The third kappa shape index (κ3) is 7.03. The zero-order valence-electron chi connectivity index (χ0n) is 16.4. The molecule has 0 aliphatic carbocycles. The van der Waals surface area contributed by atoms with Gasteiger partial charge < -0.3 is 19.7 Å². The van der Waals surface area contributed by atoms with Crippen LogP contribution in [0.3, 0.4) is 0 Å². The van der Waals surface area contributed by atoms with Gasteiger partial charge in [-0.3, -0.25) is 4.72 Å². The van der Waals surface area contributed by atoms with Gasteiger partial charge >= 0.3 is 6.03 Å². The first kappa shape index (κ1) is 22.6. The number of nitrogens with one attached hydrogen (secondary N) is 2. The molecule has 2 rings (SSSR count). The number of hydrogen-bond donors (Lipinski definition) is 2. The predicted molar refractivity (Wildman–Crippen MR) is 115 cm³/mol. The molecule has 2 amide bonds. The van der Waals surface area contributed by atoms with Crippen molar-refractivity contribution in [2.45, 2.75) is 6.92 Å². The van der Waals surface area contributed by atoms with E-state index in [1.807, 2.05) is 0 Å². The molecule has 0 saturated heterocycles. The van der Waals surface area contributed by atoms with Gasteiger partial charge in [0.05, 0.1) is 25.1 Å². The van der Waals surface area contributed by atoms with E-state index in [2.05, 4.69) is 10.0 Å². The summed E-state index contributed by atoms with van der Waals surface area (Å²) in [5, 5.41) is 3.31. The highest BCUT2D eigenvalue weighted by Gasteiger charge is 2.14. The van der Waals surface area contributed by atoms with Gasteiger partial charge in [-0.15, -0.1) is 0 Å². The average Bonchev–Trinajstić information content (AvgIpc) is 2.68. The largest absolute Gasteiger partial charge is 0.494 e. The fourth-order valence-electron chi connectivity index (χ4n) is 2.27. The van der Waals surface area contributed by atoms with Gasteiger partial charge in [0.25, 0.3) is 0 Å². The van der Waals surface area contributed by atoms with E-state index in [1.165, 1.54) is 25.0 Å². The molecule has 0 aromatic heterocycles. The van der Waals surface area contributed by atoms with Crippen LogP contribution in [0.1, 0.15) is 6.92 Å². The number of likely N-dealkylation sites (N-methyl/N-ethyl adjacent to an activating group) is 1. The second-order valence-corrected chi connectivity index (χ2v) is 8.53. The SMILES string of the molecule is CCS(=O)(=O)Nc1ccc(NC(=O)N(C)CCOc2cccc(Cl)c2)cc1OC. The summed E-state index contributed by atoms with van der Waals surface area (Å²) in [5.41, 5.74) is 0.768. The lowest BCUT2D eigenvalue weighted by Gasteiger charge is -2.19. The van der Waals surface area contributed by atoms with Crippen molar-refractivity contribution < 1.29 is 22.7 Å². The molecule has 0 unspecified atom stereocenters. The van der Waals surface area contributed by atoms with Gasteiger partial charge in [-0.25, -0.2) is 13.2 Å². The van der Waals surface area contributed by atoms with E-state index < -0.39 is 10.0 Å².